The summed E-state index contributed by atoms with van der Waals surface area (Å²) < 4.78 is 0.535. The molecule has 0 aliphatic carbocycles. The Kier molecular flexibility index (Phi) is 5.42. The first-order valence-corrected chi connectivity index (χ1v) is 10.4. The zero-order valence-electron chi connectivity index (χ0n) is 15.5. The van der Waals surface area contributed by atoms with Gasteiger partial charge >= 0.3 is 0 Å². The Hall–Kier alpha value is -1.93. The Morgan fingerprint density at radius 3 is 2.79 bits per heavy atom. The third-order valence-corrected chi connectivity index (χ3v) is 6.58. The molecule has 28 heavy (non-hydrogen) atoms. The van der Waals surface area contributed by atoms with Crippen LogP contribution in [0.3, 0.4) is 0 Å². The standard InChI is InChI=1S/C20H22ClN3O3S/c1-23-7-6-12-8-13(2-3-14(12)9-23)20(27)24-10-15(16(25)11-24)22-19(26)17-4-5-18(21)28-17/h2-5,8,15-16,25H,6-7,9-11H2,1H3,(H,22,26)/t15-,16-/m0/s1. The van der Waals surface area contributed by atoms with Crippen LogP contribution in [0.2, 0.25) is 4.34 Å². The minimum Gasteiger partial charge on any atom is -0.389 e. The van der Waals surface area contributed by atoms with Crippen molar-refractivity contribution in [2.75, 3.05) is 26.7 Å². The van der Waals surface area contributed by atoms with Gasteiger partial charge in [-0.25, -0.2) is 0 Å². The second-order valence-corrected chi connectivity index (χ2v) is 9.15. The molecule has 0 spiro atoms. The lowest BCUT2D eigenvalue weighted by Crippen LogP contribution is -2.42. The molecule has 2 aromatic rings. The van der Waals surface area contributed by atoms with E-state index < -0.39 is 12.1 Å². The SMILES string of the molecule is CN1CCc2cc(C(=O)N3C[C@H](NC(=O)c4ccc(Cl)s4)[C@@H](O)C3)ccc2C1. The summed E-state index contributed by atoms with van der Waals surface area (Å²) in [6.07, 6.45) is 0.132. The van der Waals surface area contributed by atoms with Gasteiger partial charge in [0.05, 0.1) is 21.4 Å². The van der Waals surface area contributed by atoms with E-state index in [-0.39, 0.29) is 24.9 Å². The Balaban J connectivity index is 1.43. The molecule has 0 saturated carbocycles. The highest BCUT2D eigenvalue weighted by Crippen LogP contribution is 2.23. The van der Waals surface area contributed by atoms with Gasteiger partial charge in [0.25, 0.3) is 11.8 Å². The second kappa shape index (κ2) is 7.83. The molecule has 3 heterocycles. The van der Waals surface area contributed by atoms with Crippen LogP contribution in [0.4, 0.5) is 0 Å². The molecule has 4 rings (SSSR count). The summed E-state index contributed by atoms with van der Waals surface area (Å²) in [5, 5.41) is 13.2. The van der Waals surface area contributed by atoms with Crippen LogP contribution in [0.5, 0.6) is 0 Å². The fraction of sp³-hybridized carbons (Fsp3) is 0.400. The molecule has 2 N–H and O–H groups in total. The summed E-state index contributed by atoms with van der Waals surface area (Å²) >= 11 is 7.06. The zero-order valence-corrected chi connectivity index (χ0v) is 17.1. The Morgan fingerprint density at radius 2 is 2.04 bits per heavy atom. The first-order chi connectivity index (χ1) is 13.4. The Morgan fingerprint density at radius 1 is 1.21 bits per heavy atom. The van der Waals surface area contributed by atoms with Gasteiger partial charge in [0.1, 0.15) is 0 Å². The van der Waals surface area contributed by atoms with Gasteiger partial charge in [0, 0.05) is 31.7 Å². The molecule has 1 aromatic carbocycles. The van der Waals surface area contributed by atoms with Crippen molar-refractivity contribution in [3.8, 4) is 0 Å². The molecule has 1 saturated heterocycles. The van der Waals surface area contributed by atoms with Crippen molar-refractivity contribution < 1.29 is 14.7 Å². The van der Waals surface area contributed by atoms with Crippen LogP contribution in [0.25, 0.3) is 0 Å². The number of likely N-dealkylation sites (tertiary alicyclic amines) is 1. The summed E-state index contributed by atoms with van der Waals surface area (Å²) in [7, 11) is 2.09. The molecule has 1 fully saturated rings. The number of thiophene rings is 1. The summed E-state index contributed by atoms with van der Waals surface area (Å²) in [5.41, 5.74) is 3.10. The summed E-state index contributed by atoms with van der Waals surface area (Å²) in [4.78, 5) is 29.6. The molecule has 0 radical (unpaired) electrons. The summed E-state index contributed by atoms with van der Waals surface area (Å²) in [5.74, 6) is -0.398. The maximum Gasteiger partial charge on any atom is 0.261 e. The highest BCUT2D eigenvalue weighted by molar-refractivity contribution is 7.18. The number of amides is 2. The van der Waals surface area contributed by atoms with Crippen molar-refractivity contribution >= 4 is 34.8 Å². The van der Waals surface area contributed by atoms with Gasteiger partial charge in [-0.2, -0.15) is 0 Å². The molecule has 0 unspecified atom stereocenters. The number of hydrogen-bond donors (Lipinski definition) is 2. The highest BCUT2D eigenvalue weighted by Gasteiger charge is 2.35. The van der Waals surface area contributed by atoms with Crippen molar-refractivity contribution in [3.05, 3.63) is 56.2 Å². The molecule has 1 aromatic heterocycles. The zero-order chi connectivity index (χ0) is 19.8. The monoisotopic (exact) mass is 419 g/mol. The number of nitrogens with zero attached hydrogens (tertiary/aromatic N) is 2. The largest absolute Gasteiger partial charge is 0.389 e. The molecule has 148 valence electrons. The first-order valence-electron chi connectivity index (χ1n) is 9.24. The smallest absolute Gasteiger partial charge is 0.261 e. The van der Waals surface area contributed by atoms with E-state index in [0.29, 0.717) is 14.8 Å². The van der Waals surface area contributed by atoms with Crippen LogP contribution in [0, 0.1) is 0 Å². The van der Waals surface area contributed by atoms with Gasteiger partial charge in [-0.15, -0.1) is 11.3 Å². The lowest BCUT2D eigenvalue weighted by molar-refractivity contribution is 0.0764. The van der Waals surface area contributed by atoms with Crippen LogP contribution in [0.15, 0.2) is 30.3 Å². The molecule has 6 nitrogen and oxygen atoms in total. The lowest BCUT2D eigenvalue weighted by atomic mass is 9.97. The maximum absolute atomic E-state index is 12.9. The number of hydrogen-bond acceptors (Lipinski definition) is 5. The average Bonchev–Trinajstić information content (AvgIpc) is 3.27. The number of halogens is 1. The number of aliphatic hydroxyl groups excluding tert-OH is 1. The topological polar surface area (TPSA) is 72.9 Å². The number of fused-ring (bicyclic) bond motifs is 1. The van der Waals surface area contributed by atoms with Crippen LogP contribution in [-0.4, -0.2) is 65.5 Å². The Bertz CT molecular complexity index is 916. The molecule has 2 aliphatic heterocycles. The molecule has 2 atom stereocenters. The molecule has 0 bridgehead atoms. The molecule has 2 aliphatic rings. The average molecular weight is 420 g/mol. The minimum absolute atomic E-state index is 0.114. The number of β-amino-alcohol motifs (C(OH)–C–C–N with tert-alkyl or cyclic N) is 1. The normalized spacial score (nSPS) is 22.2. The van der Waals surface area contributed by atoms with E-state index in [1.54, 1.807) is 17.0 Å². The van der Waals surface area contributed by atoms with E-state index in [1.807, 2.05) is 18.2 Å². The number of carbonyl (C=O) groups excluding carboxylic acids is 2. The highest BCUT2D eigenvalue weighted by atomic mass is 35.5. The van der Waals surface area contributed by atoms with E-state index in [4.69, 9.17) is 11.6 Å². The van der Waals surface area contributed by atoms with E-state index >= 15 is 0 Å². The predicted molar refractivity (Wildman–Crippen MR) is 109 cm³/mol. The van der Waals surface area contributed by atoms with Crippen LogP contribution >= 0.6 is 22.9 Å². The molecular formula is C20H22ClN3O3S. The third-order valence-electron chi connectivity index (χ3n) is 5.35. The number of likely N-dealkylation sites (N-methyl/N-ethyl adjacent to an activating group) is 1. The van der Waals surface area contributed by atoms with E-state index in [0.717, 1.165) is 19.5 Å². The van der Waals surface area contributed by atoms with Crippen molar-refractivity contribution in [3.63, 3.8) is 0 Å². The molecular weight excluding hydrogens is 398 g/mol. The van der Waals surface area contributed by atoms with Crippen LogP contribution in [-0.2, 0) is 13.0 Å². The van der Waals surface area contributed by atoms with Crippen molar-refractivity contribution in [2.24, 2.45) is 0 Å². The van der Waals surface area contributed by atoms with Crippen molar-refractivity contribution in [2.45, 2.75) is 25.1 Å². The summed E-state index contributed by atoms with van der Waals surface area (Å²) in [6, 6.07) is 8.66. The fourth-order valence-electron chi connectivity index (χ4n) is 3.78. The molecule has 8 heteroatoms. The van der Waals surface area contributed by atoms with Gasteiger partial charge in [-0.05, 0) is 48.9 Å². The van der Waals surface area contributed by atoms with E-state index in [9.17, 15) is 14.7 Å². The quantitative estimate of drug-likeness (QED) is 0.798. The van der Waals surface area contributed by atoms with E-state index in [1.165, 1.54) is 22.5 Å². The number of benzene rings is 1. The first kappa shape index (κ1) is 19.4. The lowest BCUT2D eigenvalue weighted by Gasteiger charge is -2.25. The minimum atomic E-state index is -0.797. The number of nitrogens with one attached hydrogen (secondary N) is 1. The van der Waals surface area contributed by atoms with Crippen LogP contribution < -0.4 is 5.32 Å². The van der Waals surface area contributed by atoms with Gasteiger partial charge in [-0.1, -0.05) is 17.7 Å². The van der Waals surface area contributed by atoms with Crippen molar-refractivity contribution in [1.82, 2.24) is 15.1 Å². The number of rotatable bonds is 3. The third kappa shape index (κ3) is 3.93. The second-order valence-electron chi connectivity index (χ2n) is 7.43. The summed E-state index contributed by atoms with van der Waals surface area (Å²) in [6.45, 7) is 2.36. The van der Waals surface area contributed by atoms with Crippen LogP contribution in [0.1, 0.15) is 31.2 Å². The number of carbonyl (C=O) groups is 2. The van der Waals surface area contributed by atoms with Gasteiger partial charge in [-0.3, -0.25) is 9.59 Å². The van der Waals surface area contributed by atoms with Gasteiger partial charge < -0.3 is 20.2 Å². The molecule has 2 amide bonds. The fourth-order valence-corrected chi connectivity index (χ4v) is 4.73. The Labute approximate surface area is 172 Å². The number of aliphatic hydroxyl groups is 1. The predicted octanol–water partition coefficient (Wildman–Crippen LogP) is 2.00. The van der Waals surface area contributed by atoms with Gasteiger partial charge in [0.15, 0.2) is 0 Å². The van der Waals surface area contributed by atoms with E-state index in [2.05, 4.69) is 17.3 Å². The maximum atomic E-state index is 12.9. The van der Waals surface area contributed by atoms with Gasteiger partial charge in [0.2, 0.25) is 0 Å². The van der Waals surface area contributed by atoms with Crippen molar-refractivity contribution in [1.29, 1.82) is 0 Å².